The Balaban J connectivity index is 2.16. The summed E-state index contributed by atoms with van der Waals surface area (Å²) in [6, 6.07) is 0. The van der Waals surface area contributed by atoms with Crippen LogP contribution in [0.2, 0.25) is 0 Å². The summed E-state index contributed by atoms with van der Waals surface area (Å²) >= 11 is 0. The van der Waals surface area contributed by atoms with E-state index in [2.05, 4.69) is 0 Å². The summed E-state index contributed by atoms with van der Waals surface area (Å²) in [5.41, 5.74) is 0.00111. The minimum atomic E-state index is -2.65. The Bertz CT molecular complexity index is 425. The highest BCUT2D eigenvalue weighted by atomic mass is 31.2. The van der Waals surface area contributed by atoms with E-state index in [4.69, 9.17) is 23.8 Å². The van der Waals surface area contributed by atoms with Crippen molar-refractivity contribution < 1.29 is 33.2 Å². The van der Waals surface area contributed by atoms with Crippen LogP contribution in [0.15, 0.2) is 0 Å². The minimum absolute atomic E-state index is 0.00111. The maximum absolute atomic E-state index is 12.6. The van der Waals surface area contributed by atoms with Gasteiger partial charge in [0, 0.05) is 25.4 Å². The van der Waals surface area contributed by atoms with Crippen molar-refractivity contribution in [3.8, 4) is 0 Å². The predicted octanol–water partition coefficient (Wildman–Crippen LogP) is 1.95. The first-order valence-electron chi connectivity index (χ1n) is 8.80. The van der Waals surface area contributed by atoms with Crippen LogP contribution in [0.4, 0.5) is 4.79 Å². The molecule has 1 amide bonds. The number of piperidine rings is 1. The zero-order valence-corrected chi connectivity index (χ0v) is 16.4. The third-order valence-electron chi connectivity index (χ3n) is 3.87. The number of aliphatic hydroxyl groups is 1. The molecule has 1 unspecified atom stereocenters. The molecule has 1 saturated heterocycles. The summed E-state index contributed by atoms with van der Waals surface area (Å²) < 4.78 is 33.7. The largest absolute Gasteiger partial charge is 0.447 e. The maximum Gasteiger partial charge on any atom is 0.409 e. The highest BCUT2D eigenvalue weighted by Crippen LogP contribution is 2.52. The van der Waals surface area contributed by atoms with Crippen LogP contribution in [0.3, 0.4) is 0 Å². The number of ether oxygens (including phenoxy) is 3. The number of carbonyl (C=O) groups excluding carboxylic acids is 1. The first kappa shape index (κ1) is 22.4. The van der Waals surface area contributed by atoms with Crippen molar-refractivity contribution in [3.05, 3.63) is 0 Å². The quantitative estimate of drug-likeness (QED) is 0.432. The Morgan fingerprint density at radius 3 is 2.24 bits per heavy atom. The van der Waals surface area contributed by atoms with Gasteiger partial charge in [0.25, 0.3) is 0 Å². The van der Waals surface area contributed by atoms with Gasteiger partial charge in [-0.2, -0.15) is 0 Å². The van der Waals surface area contributed by atoms with E-state index in [9.17, 15) is 9.36 Å². The third-order valence-corrected chi connectivity index (χ3v) is 6.55. The van der Waals surface area contributed by atoms with Gasteiger partial charge in [0.05, 0.1) is 39.1 Å². The van der Waals surface area contributed by atoms with Gasteiger partial charge in [-0.1, -0.05) is 0 Å². The number of hydrogen-bond acceptors (Lipinski definition) is 7. The van der Waals surface area contributed by atoms with Gasteiger partial charge in [0.1, 0.15) is 6.61 Å². The summed E-state index contributed by atoms with van der Waals surface area (Å²) in [7, 11) is -2.65. The third kappa shape index (κ3) is 9.01. The number of likely N-dealkylation sites (tertiary alicyclic amines) is 1. The number of carbonyl (C=O) groups is 1. The molecule has 0 aromatic heterocycles. The molecule has 9 heteroatoms. The van der Waals surface area contributed by atoms with Crippen LogP contribution in [-0.2, 0) is 23.3 Å². The number of amides is 1. The van der Waals surface area contributed by atoms with Gasteiger partial charge >= 0.3 is 6.09 Å². The molecule has 1 N–H and O–H groups in total. The number of hydrogen-bond donors (Lipinski definition) is 1. The van der Waals surface area contributed by atoms with Gasteiger partial charge in [-0.25, -0.2) is 4.79 Å². The van der Waals surface area contributed by atoms with E-state index in [1.807, 2.05) is 13.8 Å². The van der Waals surface area contributed by atoms with Crippen molar-refractivity contribution in [1.29, 1.82) is 0 Å². The van der Waals surface area contributed by atoms with Crippen molar-refractivity contribution >= 4 is 13.5 Å². The van der Waals surface area contributed by atoms with E-state index < -0.39 is 7.37 Å². The normalized spacial score (nSPS) is 18.4. The van der Waals surface area contributed by atoms with Gasteiger partial charge in [0.2, 0.25) is 7.37 Å². The van der Waals surface area contributed by atoms with E-state index >= 15 is 0 Å². The molecule has 0 aliphatic carbocycles. The molecule has 1 aliphatic rings. The van der Waals surface area contributed by atoms with Crippen molar-refractivity contribution in [3.63, 3.8) is 0 Å². The second-order valence-electron chi connectivity index (χ2n) is 6.34. The number of rotatable bonds is 11. The Kier molecular flexibility index (Phi) is 10.6. The van der Waals surface area contributed by atoms with Crippen LogP contribution in [0, 0.1) is 0 Å². The molecule has 1 atom stereocenters. The Hall–Kier alpha value is -0.660. The van der Waals surface area contributed by atoms with Crippen LogP contribution in [0.5, 0.6) is 0 Å². The monoisotopic (exact) mass is 381 g/mol. The molecule has 8 nitrogen and oxygen atoms in total. The second kappa shape index (κ2) is 11.9. The maximum atomic E-state index is 12.6. The molecule has 148 valence electrons. The fourth-order valence-electron chi connectivity index (χ4n) is 2.69. The lowest BCUT2D eigenvalue weighted by atomic mass is 10.1. The van der Waals surface area contributed by atoms with Crippen LogP contribution in [0.25, 0.3) is 0 Å². The summed E-state index contributed by atoms with van der Waals surface area (Å²) in [5.74, 6) is 0. The fourth-order valence-corrected chi connectivity index (χ4v) is 4.87. The van der Waals surface area contributed by atoms with Gasteiger partial charge in [-0.3, -0.25) is 4.57 Å². The molecule has 0 bridgehead atoms. The van der Waals surface area contributed by atoms with E-state index in [1.54, 1.807) is 11.6 Å². The van der Waals surface area contributed by atoms with Crippen LogP contribution in [0.1, 0.15) is 26.7 Å². The molecular formula is C16H32NO7P. The lowest BCUT2D eigenvalue weighted by Gasteiger charge is -2.34. The smallest absolute Gasteiger partial charge is 0.409 e. The molecule has 0 aromatic carbocycles. The Labute approximate surface area is 150 Å². The summed E-state index contributed by atoms with van der Waals surface area (Å²) in [6.07, 6.45) is 0.893. The Morgan fingerprint density at radius 1 is 1.12 bits per heavy atom. The average Bonchev–Trinajstić information content (AvgIpc) is 2.56. The van der Waals surface area contributed by atoms with Crippen LogP contribution < -0.4 is 0 Å². The average molecular weight is 381 g/mol. The molecule has 25 heavy (non-hydrogen) atoms. The first-order valence-corrected chi connectivity index (χ1v) is 10.9. The van der Waals surface area contributed by atoms with Crippen LogP contribution in [-0.4, -0.2) is 87.3 Å². The summed E-state index contributed by atoms with van der Waals surface area (Å²) in [5, 5.41) is 8.54. The topological polar surface area (TPSA) is 94.5 Å². The highest BCUT2D eigenvalue weighted by molar-refractivity contribution is 7.58. The van der Waals surface area contributed by atoms with E-state index in [-0.39, 0.29) is 31.1 Å². The van der Waals surface area contributed by atoms with Crippen molar-refractivity contribution in [2.45, 2.75) is 38.5 Å². The summed E-state index contributed by atoms with van der Waals surface area (Å²) in [4.78, 5) is 13.6. The SMILES string of the molecule is CC(C)OP(C)(=O)C1CCN(C(=O)OCCOCCOCCO)CC1. The molecule has 1 rings (SSSR count). The van der Waals surface area contributed by atoms with Crippen molar-refractivity contribution in [2.24, 2.45) is 0 Å². The highest BCUT2D eigenvalue weighted by Gasteiger charge is 2.34. The molecule has 0 saturated carbocycles. The van der Waals surface area contributed by atoms with Crippen molar-refractivity contribution in [2.75, 3.05) is 59.4 Å². The lowest BCUT2D eigenvalue weighted by molar-refractivity contribution is 0.0134. The lowest BCUT2D eigenvalue weighted by Crippen LogP contribution is -2.40. The fraction of sp³-hybridized carbons (Fsp3) is 0.938. The van der Waals surface area contributed by atoms with E-state index in [1.165, 1.54) is 0 Å². The zero-order chi connectivity index (χ0) is 18.7. The Morgan fingerprint density at radius 2 is 1.68 bits per heavy atom. The molecular weight excluding hydrogens is 349 g/mol. The van der Waals surface area contributed by atoms with Crippen LogP contribution >= 0.6 is 7.37 Å². The molecule has 0 radical (unpaired) electrons. The van der Waals surface area contributed by atoms with Gasteiger partial charge in [0.15, 0.2) is 0 Å². The number of nitrogens with zero attached hydrogens (tertiary/aromatic N) is 1. The molecule has 0 aromatic rings. The second-order valence-corrected chi connectivity index (χ2v) is 9.10. The molecule has 1 aliphatic heterocycles. The standard InChI is InChI=1S/C16H32NO7P/c1-14(2)24-25(3,20)15-4-6-17(7-5-15)16(19)23-13-12-22-11-10-21-9-8-18/h14-15,18H,4-13H2,1-3H3. The van der Waals surface area contributed by atoms with Gasteiger partial charge < -0.3 is 28.7 Å². The van der Waals surface area contributed by atoms with Gasteiger partial charge in [-0.05, 0) is 26.7 Å². The number of aliphatic hydroxyl groups excluding tert-OH is 1. The van der Waals surface area contributed by atoms with E-state index in [0.29, 0.717) is 52.4 Å². The zero-order valence-electron chi connectivity index (χ0n) is 15.5. The summed E-state index contributed by atoms with van der Waals surface area (Å²) in [6.45, 7) is 8.06. The molecule has 1 heterocycles. The minimum Gasteiger partial charge on any atom is -0.447 e. The molecule has 1 fully saturated rings. The first-order chi connectivity index (χ1) is 11.9. The molecule has 0 spiro atoms. The van der Waals surface area contributed by atoms with Crippen molar-refractivity contribution in [1.82, 2.24) is 4.90 Å². The van der Waals surface area contributed by atoms with Gasteiger partial charge in [-0.15, -0.1) is 0 Å². The predicted molar refractivity (Wildman–Crippen MR) is 94.4 cm³/mol. The van der Waals surface area contributed by atoms with E-state index in [0.717, 1.165) is 0 Å².